The number of esters is 1. The second-order valence-electron chi connectivity index (χ2n) is 6.86. The lowest BCUT2D eigenvalue weighted by Crippen LogP contribution is -2.40. The Morgan fingerprint density at radius 2 is 1.87 bits per heavy atom. The number of thioether (sulfide) groups is 1. The highest BCUT2D eigenvalue weighted by atomic mass is 32.2. The number of methoxy groups -OCH3 is 3. The molecule has 0 aromatic heterocycles. The van der Waals surface area contributed by atoms with Crippen LogP contribution in [0, 0.1) is 0 Å². The maximum Gasteiger partial charge on any atom is 0.338 e. The molecule has 2 heterocycles. The molecule has 0 saturated carbocycles. The summed E-state index contributed by atoms with van der Waals surface area (Å²) in [5, 5.41) is 0.299. The lowest BCUT2D eigenvalue weighted by Gasteiger charge is -2.33. The van der Waals surface area contributed by atoms with Crippen LogP contribution in [-0.4, -0.2) is 55.1 Å². The second-order valence-corrected chi connectivity index (χ2v) is 8.03. The summed E-state index contributed by atoms with van der Waals surface area (Å²) in [7, 11) is 4.54. The van der Waals surface area contributed by atoms with Crippen LogP contribution in [0.2, 0.25) is 0 Å². The van der Waals surface area contributed by atoms with Crippen LogP contribution in [0.15, 0.2) is 41.1 Å². The zero-order valence-corrected chi connectivity index (χ0v) is 19.1. The summed E-state index contributed by atoms with van der Waals surface area (Å²) in [4.78, 5) is 32.3. The van der Waals surface area contributed by atoms with E-state index in [1.54, 1.807) is 24.0 Å². The van der Waals surface area contributed by atoms with E-state index in [2.05, 4.69) is 11.6 Å². The molecule has 1 amide bonds. The Hall–Kier alpha value is -2.94. The molecule has 2 unspecified atom stereocenters. The fourth-order valence-electron chi connectivity index (χ4n) is 3.64. The molecule has 2 aliphatic heterocycles. The lowest BCUT2D eigenvalue weighted by atomic mass is 9.93. The van der Waals surface area contributed by atoms with Gasteiger partial charge in [0.15, 0.2) is 16.7 Å². The summed E-state index contributed by atoms with van der Waals surface area (Å²) in [6.45, 7) is 7.33. The van der Waals surface area contributed by atoms with Crippen molar-refractivity contribution in [3.63, 3.8) is 0 Å². The zero-order valence-electron chi connectivity index (χ0n) is 18.3. The highest BCUT2D eigenvalue weighted by molar-refractivity contribution is 8.15. The van der Waals surface area contributed by atoms with Gasteiger partial charge in [-0.15, -0.1) is 0 Å². The van der Waals surface area contributed by atoms with Crippen molar-refractivity contribution < 1.29 is 28.5 Å². The van der Waals surface area contributed by atoms with Crippen LogP contribution in [-0.2, 0) is 14.3 Å². The van der Waals surface area contributed by atoms with Gasteiger partial charge in [-0.3, -0.25) is 9.69 Å². The number of hydrogen-bond acceptors (Lipinski definition) is 8. The second kappa shape index (κ2) is 9.47. The van der Waals surface area contributed by atoms with E-state index in [1.807, 2.05) is 6.92 Å². The van der Waals surface area contributed by atoms with Crippen LogP contribution in [0.1, 0.15) is 31.9 Å². The Morgan fingerprint density at radius 3 is 2.39 bits per heavy atom. The summed E-state index contributed by atoms with van der Waals surface area (Å²) < 4.78 is 21.7. The molecule has 166 valence electrons. The molecule has 3 rings (SSSR count). The summed E-state index contributed by atoms with van der Waals surface area (Å²) in [5.41, 5.74) is 1.40. The van der Waals surface area contributed by atoms with Crippen molar-refractivity contribution in [2.24, 2.45) is 4.99 Å². The fraction of sp³-hybridized carbons (Fsp3) is 0.409. The van der Waals surface area contributed by atoms with Crippen molar-refractivity contribution in [1.29, 1.82) is 0 Å². The van der Waals surface area contributed by atoms with Crippen LogP contribution in [0.3, 0.4) is 0 Å². The molecule has 0 radical (unpaired) electrons. The standard InChI is InChI=1S/C22H26N2O6S/c1-7-9-30-21(26)17-12(3)23-22-24(20(25)16(8-2)31-22)18(17)13-10-14(27-4)19(29-6)15(11-13)28-5/h7,10-11,16,18H,1,8-9H2,2-6H3. The van der Waals surface area contributed by atoms with Crippen molar-refractivity contribution in [3.8, 4) is 17.2 Å². The van der Waals surface area contributed by atoms with Gasteiger partial charge in [0.1, 0.15) is 6.61 Å². The first-order valence-corrected chi connectivity index (χ1v) is 10.7. The van der Waals surface area contributed by atoms with Crippen molar-refractivity contribution in [1.82, 2.24) is 4.90 Å². The Labute approximate surface area is 185 Å². The number of nitrogens with zero attached hydrogens (tertiary/aromatic N) is 2. The number of allylic oxidation sites excluding steroid dienone is 1. The molecule has 8 nitrogen and oxygen atoms in total. The van der Waals surface area contributed by atoms with E-state index < -0.39 is 12.0 Å². The number of aliphatic imine (C=N–C) groups is 1. The molecular formula is C22H26N2O6S. The Morgan fingerprint density at radius 1 is 1.23 bits per heavy atom. The Bertz CT molecular complexity index is 946. The van der Waals surface area contributed by atoms with Gasteiger partial charge in [0, 0.05) is 0 Å². The fourth-order valence-corrected chi connectivity index (χ4v) is 4.77. The summed E-state index contributed by atoms with van der Waals surface area (Å²) in [5.74, 6) is 0.596. The first-order valence-electron chi connectivity index (χ1n) is 9.78. The van der Waals surface area contributed by atoms with Gasteiger partial charge in [-0.05, 0) is 31.0 Å². The van der Waals surface area contributed by atoms with Crippen molar-refractivity contribution in [3.05, 3.63) is 41.6 Å². The van der Waals surface area contributed by atoms with Crippen molar-refractivity contribution in [2.45, 2.75) is 31.6 Å². The first-order chi connectivity index (χ1) is 14.9. The predicted molar refractivity (Wildman–Crippen MR) is 119 cm³/mol. The molecule has 0 aliphatic carbocycles. The van der Waals surface area contributed by atoms with Gasteiger partial charge < -0.3 is 18.9 Å². The van der Waals surface area contributed by atoms with Gasteiger partial charge >= 0.3 is 5.97 Å². The Balaban J connectivity index is 2.21. The molecule has 0 bridgehead atoms. The van der Waals surface area contributed by atoms with Crippen molar-refractivity contribution >= 4 is 28.8 Å². The lowest BCUT2D eigenvalue weighted by molar-refractivity contribution is -0.139. The van der Waals surface area contributed by atoms with E-state index in [-0.39, 0.29) is 23.3 Å². The third-order valence-electron chi connectivity index (χ3n) is 5.08. The molecule has 1 aromatic rings. The summed E-state index contributed by atoms with van der Waals surface area (Å²) >= 11 is 1.40. The van der Waals surface area contributed by atoms with E-state index in [1.165, 1.54) is 39.2 Å². The number of fused-ring (bicyclic) bond motifs is 1. The minimum absolute atomic E-state index is 0.0500. The quantitative estimate of drug-likeness (QED) is 0.446. The predicted octanol–water partition coefficient (Wildman–Crippen LogP) is 3.48. The van der Waals surface area contributed by atoms with Gasteiger partial charge in [-0.1, -0.05) is 31.3 Å². The van der Waals surface area contributed by atoms with Crippen molar-refractivity contribution in [2.75, 3.05) is 27.9 Å². The smallest absolute Gasteiger partial charge is 0.338 e. The van der Waals surface area contributed by atoms with Gasteiger partial charge in [0.25, 0.3) is 0 Å². The normalized spacial score (nSPS) is 20.2. The van der Waals surface area contributed by atoms with E-state index in [4.69, 9.17) is 18.9 Å². The minimum atomic E-state index is -0.741. The van der Waals surface area contributed by atoms with Crippen LogP contribution < -0.4 is 14.2 Å². The van der Waals surface area contributed by atoms with E-state index in [0.717, 1.165) is 0 Å². The SMILES string of the molecule is C=CCOC(=O)C1=C(C)N=C2SC(CC)C(=O)N2C1c1cc(OC)c(OC)c(OC)c1. The van der Waals surface area contributed by atoms with Gasteiger partial charge in [0.05, 0.1) is 43.9 Å². The molecule has 2 atom stereocenters. The number of amides is 1. The number of benzene rings is 1. The van der Waals surface area contributed by atoms with Crippen LogP contribution >= 0.6 is 11.8 Å². The first kappa shape index (κ1) is 22.7. The monoisotopic (exact) mass is 446 g/mol. The molecular weight excluding hydrogens is 420 g/mol. The third-order valence-corrected chi connectivity index (χ3v) is 6.40. The number of carbonyl (C=O) groups is 2. The summed E-state index contributed by atoms with van der Waals surface area (Å²) in [6.07, 6.45) is 2.14. The average molecular weight is 447 g/mol. The zero-order chi connectivity index (χ0) is 22.7. The molecule has 1 fully saturated rings. The minimum Gasteiger partial charge on any atom is -0.493 e. The van der Waals surface area contributed by atoms with E-state index >= 15 is 0 Å². The molecule has 2 aliphatic rings. The number of ether oxygens (including phenoxy) is 4. The van der Waals surface area contributed by atoms with Crippen LogP contribution in [0.25, 0.3) is 0 Å². The highest BCUT2D eigenvalue weighted by Gasteiger charge is 2.47. The molecule has 31 heavy (non-hydrogen) atoms. The number of amidine groups is 1. The van der Waals surface area contributed by atoms with Crippen LogP contribution in [0.5, 0.6) is 17.2 Å². The number of rotatable bonds is 8. The molecule has 1 saturated heterocycles. The topological polar surface area (TPSA) is 86.7 Å². The molecule has 0 N–H and O–H groups in total. The highest BCUT2D eigenvalue weighted by Crippen LogP contribution is 2.47. The Kier molecular flexibility index (Phi) is 6.94. The molecule has 0 spiro atoms. The average Bonchev–Trinajstić information content (AvgIpc) is 3.10. The molecule has 1 aromatic carbocycles. The van der Waals surface area contributed by atoms with Gasteiger partial charge in [0.2, 0.25) is 11.7 Å². The maximum atomic E-state index is 13.2. The van der Waals surface area contributed by atoms with Gasteiger partial charge in [-0.2, -0.15) is 0 Å². The molecule has 9 heteroatoms. The van der Waals surface area contributed by atoms with Crippen LogP contribution in [0.4, 0.5) is 0 Å². The number of hydrogen-bond donors (Lipinski definition) is 0. The summed E-state index contributed by atoms with van der Waals surface area (Å²) in [6, 6.07) is 2.73. The maximum absolute atomic E-state index is 13.2. The number of carbonyl (C=O) groups excluding carboxylic acids is 2. The largest absolute Gasteiger partial charge is 0.493 e. The van der Waals surface area contributed by atoms with Gasteiger partial charge in [-0.25, -0.2) is 9.79 Å². The van der Waals surface area contributed by atoms with E-state index in [0.29, 0.717) is 40.1 Å². The van der Waals surface area contributed by atoms with E-state index in [9.17, 15) is 9.59 Å². The third kappa shape index (κ3) is 4.01.